The fraction of sp³-hybridized carbons (Fsp3) is 0.480. The van der Waals surface area contributed by atoms with Crippen LogP contribution in [0.5, 0.6) is 0 Å². The zero-order chi connectivity index (χ0) is 24.7. The van der Waals surface area contributed by atoms with Crippen molar-refractivity contribution in [3.05, 3.63) is 52.9 Å². The Morgan fingerprint density at radius 1 is 0.972 bits per heavy atom. The molecular weight excluding hydrogens is 478 g/mol. The van der Waals surface area contributed by atoms with E-state index in [0.29, 0.717) is 34.9 Å². The summed E-state index contributed by atoms with van der Waals surface area (Å²) < 4.78 is 5.53. The highest BCUT2D eigenvalue weighted by molar-refractivity contribution is 7.15. The van der Waals surface area contributed by atoms with Crippen molar-refractivity contribution in [3.63, 3.8) is 0 Å². The normalized spacial score (nSPS) is 21.4. The van der Waals surface area contributed by atoms with Crippen LogP contribution in [0.1, 0.15) is 60.8 Å². The number of nitrogens with zero attached hydrogens (tertiary/aromatic N) is 5. The molecule has 2 amide bonds. The van der Waals surface area contributed by atoms with Gasteiger partial charge in [0.05, 0.1) is 24.6 Å². The second-order valence-corrected chi connectivity index (χ2v) is 10.4. The van der Waals surface area contributed by atoms with Crippen molar-refractivity contribution < 1.29 is 14.3 Å². The molecule has 2 unspecified atom stereocenters. The van der Waals surface area contributed by atoms with Gasteiger partial charge in [0, 0.05) is 24.4 Å². The van der Waals surface area contributed by atoms with E-state index in [9.17, 15) is 9.59 Å². The number of anilines is 2. The van der Waals surface area contributed by atoms with Gasteiger partial charge in [-0.25, -0.2) is 0 Å². The molecule has 3 aromatic heterocycles. The summed E-state index contributed by atoms with van der Waals surface area (Å²) in [5.74, 6) is 1.02. The first-order valence-electron chi connectivity index (χ1n) is 12.4. The predicted molar refractivity (Wildman–Crippen MR) is 135 cm³/mol. The lowest BCUT2D eigenvalue weighted by Crippen LogP contribution is -2.19. The van der Waals surface area contributed by atoms with Gasteiger partial charge in [0.1, 0.15) is 5.01 Å². The van der Waals surface area contributed by atoms with Crippen LogP contribution in [0.2, 0.25) is 0 Å². The highest BCUT2D eigenvalue weighted by atomic mass is 32.1. The van der Waals surface area contributed by atoms with Crippen LogP contribution in [0.3, 0.4) is 0 Å². The van der Waals surface area contributed by atoms with Gasteiger partial charge in [-0.05, 0) is 68.7 Å². The van der Waals surface area contributed by atoms with Gasteiger partial charge in [-0.15, -0.1) is 15.3 Å². The quantitative estimate of drug-likeness (QED) is 0.450. The lowest BCUT2D eigenvalue weighted by Gasteiger charge is -2.09. The Hall–Kier alpha value is -3.31. The SMILES string of the molecule is O=C(Cc1ccccn1)Nc1ccc(C[C@H]2CCC(c3nnc(NC(=O)CC4CCCO4)s3)C2)nn1. The van der Waals surface area contributed by atoms with E-state index in [4.69, 9.17) is 4.74 Å². The molecule has 0 spiro atoms. The van der Waals surface area contributed by atoms with E-state index in [-0.39, 0.29) is 24.3 Å². The average Bonchev–Trinajstić information content (AvgIpc) is 3.64. The van der Waals surface area contributed by atoms with E-state index in [1.165, 1.54) is 11.3 Å². The van der Waals surface area contributed by atoms with Crippen LogP contribution in [0, 0.1) is 5.92 Å². The number of hydrogen-bond donors (Lipinski definition) is 2. The van der Waals surface area contributed by atoms with E-state index in [2.05, 4.69) is 36.0 Å². The summed E-state index contributed by atoms with van der Waals surface area (Å²) in [6.07, 6.45) is 8.15. The molecule has 11 heteroatoms. The zero-order valence-electron chi connectivity index (χ0n) is 19.9. The van der Waals surface area contributed by atoms with Gasteiger partial charge in [-0.2, -0.15) is 5.10 Å². The summed E-state index contributed by atoms with van der Waals surface area (Å²) in [6.45, 7) is 0.739. The molecule has 2 N–H and O–H groups in total. The van der Waals surface area contributed by atoms with Crippen LogP contribution >= 0.6 is 11.3 Å². The molecule has 4 heterocycles. The maximum absolute atomic E-state index is 12.2. The number of amides is 2. The molecule has 5 rings (SSSR count). The van der Waals surface area contributed by atoms with Crippen LogP contribution in [0.25, 0.3) is 0 Å². The number of aromatic nitrogens is 5. The molecule has 188 valence electrons. The van der Waals surface area contributed by atoms with E-state index in [0.717, 1.165) is 55.8 Å². The van der Waals surface area contributed by atoms with Crippen LogP contribution in [0.15, 0.2) is 36.5 Å². The maximum atomic E-state index is 12.2. The summed E-state index contributed by atoms with van der Waals surface area (Å²) in [7, 11) is 0. The minimum atomic E-state index is -0.172. The zero-order valence-corrected chi connectivity index (χ0v) is 20.7. The van der Waals surface area contributed by atoms with E-state index in [1.54, 1.807) is 12.3 Å². The first kappa shape index (κ1) is 24.4. The summed E-state index contributed by atoms with van der Waals surface area (Å²) in [5.41, 5.74) is 1.61. The van der Waals surface area contributed by atoms with Gasteiger partial charge in [0.15, 0.2) is 5.82 Å². The lowest BCUT2D eigenvalue weighted by atomic mass is 10.00. The number of pyridine rings is 1. The Morgan fingerprint density at radius 2 is 1.92 bits per heavy atom. The number of carbonyl (C=O) groups is 2. The molecule has 2 aliphatic rings. The molecule has 0 radical (unpaired) electrons. The van der Waals surface area contributed by atoms with Gasteiger partial charge >= 0.3 is 0 Å². The molecule has 1 saturated heterocycles. The standard InChI is InChI=1S/C25H29N7O3S/c33-22(14-18-4-1-2-10-26-18)27-21-9-8-19(29-30-21)13-16-6-7-17(12-16)24-31-32-25(36-24)28-23(34)15-20-5-3-11-35-20/h1-2,4,8-10,16-17,20H,3,5-7,11-15H2,(H,27,30,33)(H,28,32,34)/t16-,17?,20?/m0/s1. The van der Waals surface area contributed by atoms with Gasteiger partial charge in [-0.3, -0.25) is 14.6 Å². The van der Waals surface area contributed by atoms with Gasteiger partial charge in [-0.1, -0.05) is 17.4 Å². The van der Waals surface area contributed by atoms with E-state index >= 15 is 0 Å². The molecule has 36 heavy (non-hydrogen) atoms. The van der Waals surface area contributed by atoms with E-state index in [1.807, 2.05) is 24.3 Å². The maximum Gasteiger partial charge on any atom is 0.231 e. The van der Waals surface area contributed by atoms with Crippen molar-refractivity contribution in [2.24, 2.45) is 5.92 Å². The fourth-order valence-corrected chi connectivity index (χ4v) is 5.71. The molecule has 0 bridgehead atoms. The number of hydrogen-bond acceptors (Lipinski definition) is 9. The van der Waals surface area contributed by atoms with Gasteiger partial charge < -0.3 is 15.4 Å². The second-order valence-electron chi connectivity index (χ2n) is 9.37. The van der Waals surface area contributed by atoms with Crippen molar-refractivity contribution in [1.82, 2.24) is 25.4 Å². The Labute approximate surface area is 213 Å². The molecule has 3 atom stereocenters. The smallest absolute Gasteiger partial charge is 0.231 e. The average molecular weight is 508 g/mol. The van der Waals surface area contributed by atoms with Crippen molar-refractivity contribution in [3.8, 4) is 0 Å². The monoisotopic (exact) mass is 507 g/mol. The third-order valence-electron chi connectivity index (χ3n) is 6.57. The van der Waals surface area contributed by atoms with Crippen LogP contribution in [-0.4, -0.2) is 49.9 Å². The summed E-state index contributed by atoms with van der Waals surface area (Å²) in [5, 5.41) is 24.2. The summed E-state index contributed by atoms with van der Waals surface area (Å²) >= 11 is 1.47. The predicted octanol–water partition coefficient (Wildman–Crippen LogP) is 3.54. The number of carbonyl (C=O) groups excluding carboxylic acids is 2. The molecule has 1 aliphatic carbocycles. The molecule has 10 nitrogen and oxygen atoms in total. The second kappa shape index (κ2) is 11.6. The van der Waals surface area contributed by atoms with Crippen molar-refractivity contribution in [2.45, 2.75) is 63.4 Å². The molecule has 0 aromatic carbocycles. The van der Waals surface area contributed by atoms with Crippen LogP contribution in [-0.2, 0) is 27.2 Å². The minimum absolute atomic E-state index is 0.0213. The number of rotatable bonds is 9. The van der Waals surface area contributed by atoms with Gasteiger partial charge in [0.25, 0.3) is 0 Å². The Kier molecular flexibility index (Phi) is 7.87. The van der Waals surface area contributed by atoms with E-state index < -0.39 is 0 Å². The summed E-state index contributed by atoms with van der Waals surface area (Å²) in [6, 6.07) is 9.20. The molecule has 1 aliphatic heterocycles. The van der Waals surface area contributed by atoms with Crippen molar-refractivity contribution >= 4 is 34.1 Å². The van der Waals surface area contributed by atoms with Crippen LogP contribution in [0.4, 0.5) is 10.9 Å². The Morgan fingerprint density at radius 3 is 2.69 bits per heavy atom. The largest absolute Gasteiger partial charge is 0.378 e. The molecule has 1 saturated carbocycles. The lowest BCUT2D eigenvalue weighted by molar-refractivity contribution is -0.118. The molecular formula is C25H29N7O3S. The van der Waals surface area contributed by atoms with Gasteiger partial charge in [0.2, 0.25) is 16.9 Å². The highest BCUT2D eigenvalue weighted by Crippen LogP contribution is 2.41. The van der Waals surface area contributed by atoms with Crippen LogP contribution < -0.4 is 10.6 Å². The number of nitrogens with one attached hydrogen (secondary N) is 2. The fourth-order valence-electron chi connectivity index (χ4n) is 4.80. The third-order valence-corrected chi connectivity index (χ3v) is 7.57. The highest BCUT2D eigenvalue weighted by Gasteiger charge is 2.29. The summed E-state index contributed by atoms with van der Waals surface area (Å²) in [4.78, 5) is 28.6. The third kappa shape index (κ3) is 6.67. The minimum Gasteiger partial charge on any atom is -0.378 e. The van der Waals surface area contributed by atoms with Crippen molar-refractivity contribution in [2.75, 3.05) is 17.2 Å². The first-order valence-corrected chi connectivity index (χ1v) is 13.2. The topological polar surface area (TPSA) is 132 Å². The molecule has 3 aromatic rings. The Balaban J connectivity index is 1.07. The Bertz CT molecular complexity index is 1170. The van der Waals surface area contributed by atoms with Crippen molar-refractivity contribution in [1.29, 1.82) is 0 Å². The number of ether oxygens (including phenoxy) is 1. The molecule has 2 fully saturated rings. The first-order chi connectivity index (χ1) is 17.6.